The summed E-state index contributed by atoms with van der Waals surface area (Å²) in [5.41, 5.74) is 3.90. The molecule has 1 saturated carbocycles. The number of aromatic nitrogens is 1. The van der Waals surface area contributed by atoms with Gasteiger partial charge in [0.25, 0.3) is 0 Å². The number of hydrogen-bond donors (Lipinski definition) is 1. The predicted octanol–water partition coefficient (Wildman–Crippen LogP) is 3.37. The van der Waals surface area contributed by atoms with Crippen molar-refractivity contribution < 1.29 is 0 Å². The van der Waals surface area contributed by atoms with Crippen LogP contribution in [0.4, 0.5) is 0 Å². The van der Waals surface area contributed by atoms with Gasteiger partial charge < -0.3 is 9.88 Å². The number of H-pyrrole nitrogens is 1. The lowest BCUT2D eigenvalue weighted by molar-refractivity contribution is 0.255. The minimum atomic E-state index is 0.815. The van der Waals surface area contributed by atoms with Gasteiger partial charge in [-0.25, -0.2) is 0 Å². The lowest BCUT2D eigenvalue weighted by Gasteiger charge is -2.20. The number of benzene rings is 1. The van der Waals surface area contributed by atoms with Gasteiger partial charge in [-0.1, -0.05) is 11.6 Å². The Labute approximate surface area is 137 Å². The van der Waals surface area contributed by atoms with Gasteiger partial charge in [-0.15, -0.1) is 0 Å². The molecule has 118 valence electrons. The summed E-state index contributed by atoms with van der Waals surface area (Å²) < 4.78 is 0. The number of hydrogen-bond acceptors (Lipinski definition) is 2. The maximum atomic E-state index is 6.12. The Morgan fingerprint density at radius 1 is 1.27 bits per heavy atom. The summed E-state index contributed by atoms with van der Waals surface area (Å²) in [6.07, 6.45) is 0. The quantitative estimate of drug-likeness (QED) is 0.934. The molecule has 2 fully saturated rings. The molecule has 4 rings (SSSR count). The van der Waals surface area contributed by atoms with E-state index in [1.807, 2.05) is 6.07 Å². The van der Waals surface area contributed by atoms with E-state index in [-0.39, 0.29) is 0 Å². The molecule has 1 saturated heterocycles. The van der Waals surface area contributed by atoms with Crippen molar-refractivity contribution in [1.29, 1.82) is 0 Å². The fourth-order valence-electron chi connectivity index (χ4n) is 4.29. The number of nitrogens with one attached hydrogen (secondary N) is 1. The number of halogens is 1. The van der Waals surface area contributed by atoms with E-state index in [0.717, 1.165) is 29.3 Å². The highest BCUT2D eigenvalue weighted by molar-refractivity contribution is 6.31. The minimum Gasteiger partial charge on any atom is -0.357 e. The van der Waals surface area contributed by atoms with Crippen LogP contribution in [0, 0.1) is 24.7 Å². The Hall–Kier alpha value is -1.03. The molecule has 0 radical (unpaired) electrons. The van der Waals surface area contributed by atoms with E-state index in [4.69, 9.17) is 11.6 Å². The average Bonchev–Trinajstić information content (AvgIpc) is 2.83. The second-order valence-electron chi connectivity index (χ2n) is 7.37. The van der Waals surface area contributed by atoms with Crippen LogP contribution in [-0.4, -0.2) is 48.5 Å². The van der Waals surface area contributed by atoms with Crippen molar-refractivity contribution in [1.82, 2.24) is 14.8 Å². The van der Waals surface area contributed by atoms with Gasteiger partial charge in [0.15, 0.2) is 0 Å². The monoisotopic (exact) mass is 317 g/mol. The first-order chi connectivity index (χ1) is 10.5. The zero-order valence-corrected chi connectivity index (χ0v) is 14.3. The van der Waals surface area contributed by atoms with Crippen LogP contribution in [0.15, 0.2) is 18.2 Å². The van der Waals surface area contributed by atoms with E-state index in [9.17, 15) is 0 Å². The van der Waals surface area contributed by atoms with Gasteiger partial charge in [0.2, 0.25) is 0 Å². The molecule has 3 nitrogen and oxygen atoms in total. The average molecular weight is 318 g/mol. The third kappa shape index (κ3) is 2.45. The summed E-state index contributed by atoms with van der Waals surface area (Å²) in [5.74, 6) is 2.80. The van der Waals surface area contributed by atoms with Crippen molar-refractivity contribution in [3.8, 4) is 0 Å². The zero-order chi connectivity index (χ0) is 15.4. The van der Waals surface area contributed by atoms with E-state index in [0.29, 0.717) is 0 Å². The number of likely N-dealkylation sites (tertiary alicyclic amines) is 1. The molecule has 3 atom stereocenters. The third-order valence-corrected chi connectivity index (χ3v) is 5.76. The topological polar surface area (TPSA) is 22.3 Å². The van der Waals surface area contributed by atoms with Crippen LogP contribution in [0.5, 0.6) is 0 Å². The zero-order valence-electron chi connectivity index (χ0n) is 13.6. The SMILES string of the molecule is Cc1c(CN2C[C@@H]3C(CN(C)C)[C@@H]3C2)[nH]c2ccc(Cl)cc12. The summed E-state index contributed by atoms with van der Waals surface area (Å²) in [7, 11) is 4.37. The maximum Gasteiger partial charge on any atom is 0.0460 e. The molecule has 2 heterocycles. The Bertz CT molecular complexity index is 694. The van der Waals surface area contributed by atoms with Crippen molar-refractivity contribution in [3.05, 3.63) is 34.5 Å². The molecule has 0 bridgehead atoms. The van der Waals surface area contributed by atoms with E-state index >= 15 is 0 Å². The molecule has 0 spiro atoms. The van der Waals surface area contributed by atoms with Crippen molar-refractivity contribution >= 4 is 22.5 Å². The normalized spacial score (nSPS) is 27.8. The van der Waals surface area contributed by atoms with Gasteiger partial charge in [-0.2, -0.15) is 0 Å². The number of fused-ring (bicyclic) bond motifs is 2. The molecular weight excluding hydrogens is 294 g/mol. The van der Waals surface area contributed by atoms with Crippen molar-refractivity contribution in [2.45, 2.75) is 13.5 Å². The third-order valence-electron chi connectivity index (χ3n) is 5.53. The highest BCUT2D eigenvalue weighted by Gasteiger charge is 2.55. The molecule has 0 amide bonds. The summed E-state index contributed by atoms with van der Waals surface area (Å²) >= 11 is 6.12. The van der Waals surface area contributed by atoms with Crippen molar-refractivity contribution in [2.24, 2.45) is 17.8 Å². The van der Waals surface area contributed by atoms with Gasteiger partial charge in [-0.05, 0) is 62.5 Å². The van der Waals surface area contributed by atoms with Crippen LogP contribution in [0.2, 0.25) is 5.02 Å². The van der Waals surface area contributed by atoms with Gasteiger partial charge in [0.05, 0.1) is 0 Å². The van der Waals surface area contributed by atoms with E-state index in [1.54, 1.807) is 0 Å². The lowest BCUT2D eigenvalue weighted by atomic mass is 10.1. The molecule has 22 heavy (non-hydrogen) atoms. The van der Waals surface area contributed by atoms with Crippen LogP contribution < -0.4 is 0 Å². The standard InChI is InChI=1S/C18H24ClN3/c1-11-13-6-12(19)4-5-17(13)20-18(11)10-22-8-15-14(7-21(2)3)16(15)9-22/h4-6,14-16,20H,7-10H2,1-3H3/t14?,15-,16+. The smallest absolute Gasteiger partial charge is 0.0460 e. The second kappa shape index (κ2) is 5.26. The Morgan fingerprint density at radius 3 is 2.68 bits per heavy atom. The van der Waals surface area contributed by atoms with Crippen LogP contribution in [-0.2, 0) is 6.54 Å². The van der Waals surface area contributed by atoms with Crippen LogP contribution >= 0.6 is 11.6 Å². The minimum absolute atomic E-state index is 0.815. The number of piperidine rings is 1. The van der Waals surface area contributed by atoms with E-state index in [1.165, 1.54) is 41.8 Å². The molecule has 4 heteroatoms. The first-order valence-electron chi connectivity index (χ1n) is 8.16. The predicted molar refractivity (Wildman–Crippen MR) is 92.3 cm³/mol. The molecule has 1 unspecified atom stereocenters. The van der Waals surface area contributed by atoms with Gasteiger partial charge in [0, 0.05) is 47.8 Å². The number of aromatic amines is 1. The number of aryl methyl sites for hydroxylation is 1. The van der Waals surface area contributed by atoms with Gasteiger partial charge in [-0.3, -0.25) is 4.90 Å². The highest BCUT2D eigenvalue weighted by atomic mass is 35.5. The number of rotatable bonds is 4. The van der Waals surface area contributed by atoms with Crippen LogP contribution in [0.3, 0.4) is 0 Å². The summed E-state index contributed by atoms with van der Waals surface area (Å²) in [6.45, 7) is 7.03. The Kier molecular flexibility index (Phi) is 3.48. The molecule has 1 aromatic carbocycles. The van der Waals surface area contributed by atoms with Crippen molar-refractivity contribution in [2.75, 3.05) is 33.7 Å². The van der Waals surface area contributed by atoms with Crippen LogP contribution in [0.1, 0.15) is 11.3 Å². The molecule has 2 aliphatic rings. The Morgan fingerprint density at radius 2 is 2.00 bits per heavy atom. The fourth-order valence-corrected chi connectivity index (χ4v) is 4.47. The lowest BCUT2D eigenvalue weighted by Crippen LogP contribution is -2.27. The molecule has 1 aromatic heterocycles. The molecule has 1 aliphatic carbocycles. The first-order valence-corrected chi connectivity index (χ1v) is 8.54. The maximum absolute atomic E-state index is 6.12. The molecular formula is C18H24ClN3. The summed E-state index contributed by atoms with van der Waals surface area (Å²) in [5, 5.41) is 2.08. The van der Waals surface area contributed by atoms with Gasteiger partial charge in [0.1, 0.15) is 0 Å². The largest absolute Gasteiger partial charge is 0.357 e. The molecule has 1 aliphatic heterocycles. The van der Waals surface area contributed by atoms with Crippen LogP contribution in [0.25, 0.3) is 10.9 Å². The summed E-state index contributed by atoms with van der Waals surface area (Å²) in [4.78, 5) is 8.53. The van der Waals surface area contributed by atoms with Gasteiger partial charge >= 0.3 is 0 Å². The fraction of sp³-hybridized carbons (Fsp3) is 0.556. The highest BCUT2D eigenvalue weighted by Crippen LogP contribution is 2.52. The Balaban J connectivity index is 1.44. The van der Waals surface area contributed by atoms with E-state index < -0.39 is 0 Å². The second-order valence-corrected chi connectivity index (χ2v) is 7.80. The molecule has 2 aromatic rings. The van der Waals surface area contributed by atoms with E-state index in [2.05, 4.69) is 47.9 Å². The number of nitrogens with zero attached hydrogens (tertiary/aromatic N) is 2. The first kappa shape index (κ1) is 14.6. The summed E-state index contributed by atoms with van der Waals surface area (Å²) in [6, 6.07) is 6.12. The molecule has 1 N–H and O–H groups in total. The van der Waals surface area contributed by atoms with Crippen molar-refractivity contribution in [3.63, 3.8) is 0 Å².